The minimum absolute atomic E-state index is 0.0269. The third kappa shape index (κ3) is 2.54. The fourth-order valence-corrected chi connectivity index (χ4v) is 3.03. The van der Waals surface area contributed by atoms with Gasteiger partial charge in [0.15, 0.2) is 11.9 Å². The number of Topliss-reactive ketones (excluding diaryl/α,β-unsaturated/α-hetero) is 1. The third-order valence-corrected chi connectivity index (χ3v) is 4.31. The Morgan fingerprint density at radius 3 is 2.59 bits per heavy atom. The van der Waals surface area contributed by atoms with Gasteiger partial charge in [0.1, 0.15) is 11.3 Å². The summed E-state index contributed by atoms with van der Waals surface area (Å²) < 4.78 is 11.4. The Kier molecular flexibility index (Phi) is 3.77. The first-order chi connectivity index (χ1) is 10.5. The van der Waals surface area contributed by atoms with Crippen LogP contribution in [0.1, 0.15) is 43.4 Å². The van der Waals surface area contributed by atoms with Crippen molar-refractivity contribution in [2.45, 2.75) is 52.6 Å². The lowest BCUT2D eigenvalue weighted by Crippen LogP contribution is -2.22. The molecule has 0 amide bonds. The maximum absolute atomic E-state index is 12.2. The Balaban J connectivity index is 2.26. The van der Waals surface area contributed by atoms with Crippen LogP contribution in [0.25, 0.3) is 11.0 Å². The molecule has 0 spiro atoms. The predicted octanol–water partition coefficient (Wildman–Crippen LogP) is 3.34. The molecule has 0 bridgehead atoms. The van der Waals surface area contributed by atoms with Crippen molar-refractivity contribution in [1.29, 1.82) is 0 Å². The number of carbonyl (C=O) groups is 1. The fraction of sp³-hybridized carbons (Fsp3) is 0.444. The van der Waals surface area contributed by atoms with E-state index >= 15 is 0 Å². The molecule has 0 N–H and O–H groups in total. The summed E-state index contributed by atoms with van der Waals surface area (Å²) in [6.07, 6.45) is 3.15. The number of ether oxygens (including phenoxy) is 1. The molecule has 1 aromatic heterocycles. The zero-order valence-corrected chi connectivity index (χ0v) is 13.2. The van der Waals surface area contributed by atoms with E-state index < -0.39 is 6.10 Å². The number of fused-ring (bicyclic) bond motifs is 3. The van der Waals surface area contributed by atoms with Crippen LogP contribution < -0.4 is 10.4 Å². The summed E-state index contributed by atoms with van der Waals surface area (Å²) in [5.41, 5.74) is 3.05. The van der Waals surface area contributed by atoms with Crippen molar-refractivity contribution in [3.63, 3.8) is 0 Å². The Labute approximate surface area is 129 Å². The maximum Gasteiger partial charge on any atom is 0.339 e. The molecule has 0 aliphatic heterocycles. The van der Waals surface area contributed by atoms with E-state index in [4.69, 9.17) is 9.15 Å². The molecule has 0 fully saturated rings. The van der Waals surface area contributed by atoms with Crippen LogP contribution in [-0.4, -0.2) is 11.9 Å². The van der Waals surface area contributed by atoms with Crippen LogP contribution in [0, 0.1) is 6.92 Å². The highest BCUT2D eigenvalue weighted by molar-refractivity contribution is 5.89. The zero-order chi connectivity index (χ0) is 15.9. The topological polar surface area (TPSA) is 56.5 Å². The summed E-state index contributed by atoms with van der Waals surface area (Å²) >= 11 is 0. The molecule has 1 aromatic carbocycles. The summed E-state index contributed by atoms with van der Waals surface area (Å²) in [6.45, 7) is 5.17. The molecule has 1 heterocycles. The van der Waals surface area contributed by atoms with Gasteiger partial charge in [0.25, 0.3) is 0 Å². The Hall–Kier alpha value is -2.10. The quantitative estimate of drug-likeness (QED) is 0.816. The third-order valence-electron chi connectivity index (χ3n) is 4.31. The number of rotatable bonds is 3. The number of aryl methyl sites for hydroxylation is 2. The van der Waals surface area contributed by atoms with Crippen LogP contribution in [-0.2, 0) is 17.6 Å². The Morgan fingerprint density at radius 1 is 1.23 bits per heavy atom. The van der Waals surface area contributed by atoms with E-state index in [1.54, 1.807) is 6.92 Å². The second kappa shape index (κ2) is 5.59. The number of hydrogen-bond acceptors (Lipinski definition) is 4. The molecule has 4 heteroatoms. The molecule has 1 aliphatic carbocycles. The smallest absolute Gasteiger partial charge is 0.339 e. The minimum atomic E-state index is -0.517. The number of carbonyl (C=O) groups excluding carboxylic acids is 1. The molecule has 4 nitrogen and oxygen atoms in total. The molecule has 0 saturated heterocycles. The van der Waals surface area contributed by atoms with Crippen molar-refractivity contribution in [2.75, 3.05) is 0 Å². The second-order valence-electron chi connectivity index (χ2n) is 6.06. The van der Waals surface area contributed by atoms with Crippen LogP contribution in [0.2, 0.25) is 0 Å². The van der Waals surface area contributed by atoms with Crippen molar-refractivity contribution in [2.24, 2.45) is 0 Å². The largest absolute Gasteiger partial charge is 0.482 e. The van der Waals surface area contributed by atoms with Gasteiger partial charge in [-0.05, 0) is 69.7 Å². The lowest BCUT2D eigenvalue weighted by molar-refractivity contribution is -0.122. The lowest BCUT2D eigenvalue weighted by Gasteiger charge is -2.20. The van der Waals surface area contributed by atoms with E-state index in [1.807, 2.05) is 19.1 Å². The Bertz CT molecular complexity index is 801. The Morgan fingerprint density at radius 2 is 1.91 bits per heavy atom. The fourth-order valence-electron chi connectivity index (χ4n) is 3.03. The van der Waals surface area contributed by atoms with Crippen molar-refractivity contribution >= 4 is 16.8 Å². The van der Waals surface area contributed by atoms with Gasteiger partial charge in [-0.25, -0.2) is 4.79 Å². The monoisotopic (exact) mass is 300 g/mol. The molecule has 1 atom stereocenters. The molecule has 0 radical (unpaired) electrons. The number of ketones is 1. The van der Waals surface area contributed by atoms with Crippen molar-refractivity contribution < 1.29 is 13.9 Å². The molecule has 116 valence electrons. The summed E-state index contributed by atoms with van der Waals surface area (Å²) in [4.78, 5) is 23.7. The molecule has 22 heavy (non-hydrogen) atoms. The van der Waals surface area contributed by atoms with E-state index in [9.17, 15) is 9.59 Å². The van der Waals surface area contributed by atoms with E-state index in [1.165, 1.54) is 6.92 Å². The van der Waals surface area contributed by atoms with Crippen molar-refractivity contribution in [3.8, 4) is 5.75 Å². The van der Waals surface area contributed by atoms with Crippen LogP contribution >= 0.6 is 0 Å². The first-order valence-electron chi connectivity index (χ1n) is 7.73. The molecule has 0 unspecified atom stereocenters. The van der Waals surface area contributed by atoms with E-state index in [0.29, 0.717) is 11.3 Å². The highest BCUT2D eigenvalue weighted by Gasteiger charge is 2.22. The average Bonchev–Trinajstić information content (AvgIpc) is 2.46. The van der Waals surface area contributed by atoms with Gasteiger partial charge in [0.05, 0.1) is 5.39 Å². The van der Waals surface area contributed by atoms with Crippen molar-refractivity contribution in [1.82, 2.24) is 0 Å². The van der Waals surface area contributed by atoms with E-state index in [0.717, 1.165) is 47.8 Å². The summed E-state index contributed by atoms with van der Waals surface area (Å²) in [7, 11) is 0. The number of hydrogen-bond donors (Lipinski definition) is 0. The highest BCUT2D eigenvalue weighted by atomic mass is 16.5. The second-order valence-corrected chi connectivity index (χ2v) is 6.06. The van der Waals surface area contributed by atoms with E-state index in [-0.39, 0.29) is 11.4 Å². The predicted molar refractivity (Wildman–Crippen MR) is 84.6 cm³/mol. The van der Waals surface area contributed by atoms with Gasteiger partial charge in [-0.15, -0.1) is 0 Å². The number of benzene rings is 1. The van der Waals surface area contributed by atoms with Gasteiger partial charge >= 0.3 is 5.63 Å². The first-order valence-corrected chi connectivity index (χ1v) is 7.73. The molecular weight excluding hydrogens is 280 g/mol. The molecular formula is C18H20O4. The van der Waals surface area contributed by atoms with Gasteiger partial charge in [-0.2, -0.15) is 0 Å². The van der Waals surface area contributed by atoms with Crippen LogP contribution in [0.3, 0.4) is 0 Å². The SMILES string of the molecule is CC(=O)[C@H](C)Oc1cc(C)cc2oc(=O)c3c(c12)CCCC3. The zero-order valence-electron chi connectivity index (χ0n) is 13.2. The molecule has 2 aromatic rings. The van der Waals surface area contributed by atoms with Crippen LogP contribution in [0.5, 0.6) is 5.75 Å². The highest BCUT2D eigenvalue weighted by Crippen LogP contribution is 2.35. The van der Waals surface area contributed by atoms with Gasteiger partial charge in [-0.3, -0.25) is 4.79 Å². The average molecular weight is 300 g/mol. The van der Waals surface area contributed by atoms with Gasteiger partial charge in [0.2, 0.25) is 0 Å². The normalized spacial score (nSPS) is 15.4. The lowest BCUT2D eigenvalue weighted by atomic mass is 9.90. The summed E-state index contributed by atoms with van der Waals surface area (Å²) in [6, 6.07) is 3.77. The van der Waals surface area contributed by atoms with Gasteiger partial charge in [0, 0.05) is 5.56 Å². The summed E-state index contributed by atoms with van der Waals surface area (Å²) in [5, 5.41) is 0.855. The molecule has 0 saturated carbocycles. The molecule has 1 aliphatic rings. The summed E-state index contributed by atoms with van der Waals surface area (Å²) in [5.74, 6) is 0.612. The molecule has 3 rings (SSSR count). The van der Waals surface area contributed by atoms with Crippen molar-refractivity contribution in [3.05, 3.63) is 39.2 Å². The van der Waals surface area contributed by atoms with Crippen LogP contribution in [0.15, 0.2) is 21.3 Å². The minimum Gasteiger partial charge on any atom is -0.482 e. The van der Waals surface area contributed by atoms with Gasteiger partial charge < -0.3 is 9.15 Å². The first kappa shape index (κ1) is 14.8. The van der Waals surface area contributed by atoms with Crippen LogP contribution in [0.4, 0.5) is 0 Å². The van der Waals surface area contributed by atoms with Gasteiger partial charge in [-0.1, -0.05) is 0 Å². The standard InChI is InChI=1S/C18H20O4/c1-10-8-15(21-12(3)11(2)19)17-13-6-4-5-7-14(13)18(20)22-16(17)9-10/h8-9,12H,4-7H2,1-3H3/t12-/m0/s1. The maximum atomic E-state index is 12.2. The van der Waals surface area contributed by atoms with E-state index in [2.05, 4.69) is 0 Å².